The molecule has 0 fully saturated rings. The van der Waals surface area contributed by atoms with Gasteiger partial charge in [0.25, 0.3) is 0 Å². The summed E-state index contributed by atoms with van der Waals surface area (Å²) in [6.07, 6.45) is 4.16. The second-order valence-electron chi connectivity index (χ2n) is 2.45. The lowest BCUT2D eigenvalue weighted by Crippen LogP contribution is -1.80. The summed E-state index contributed by atoms with van der Waals surface area (Å²) in [5, 5.41) is 0. The maximum Gasteiger partial charge on any atom is 0.0210 e. The van der Waals surface area contributed by atoms with E-state index < -0.39 is 0 Å². The first-order valence-electron chi connectivity index (χ1n) is 3.63. The Kier molecular flexibility index (Phi) is 2.89. The minimum Gasteiger partial charge on any atom is -0.0871 e. The van der Waals surface area contributed by atoms with E-state index in [1.54, 1.807) is 0 Å². The lowest BCUT2D eigenvalue weighted by Gasteiger charge is -2.01. The van der Waals surface area contributed by atoms with E-state index in [1.165, 1.54) is 15.6 Å². The van der Waals surface area contributed by atoms with E-state index in [-0.39, 0.29) is 0 Å². The van der Waals surface area contributed by atoms with Gasteiger partial charge in [0, 0.05) is 4.47 Å². The van der Waals surface area contributed by atoms with Crippen LogP contribution in [0.1, 0.15) is 18.1 Å². The highest BCUT2D eigenvalue weighted by molar-refractivity contribution is 9.10. The van der Waals surface area contributed by atoms with Crippen LogP contribution in [0.4, 0.5) is 0 Å². The monoisotopic (exact) mass is 210 g/mol. The zero-order chi connectivity index (χ0) is 8.27. The zero-order valence-corrected chi connectivity index (χ0v) is 8.35. The van der Waals surface area contributed by atoms with E-state index in [2.05, 4.69) is 47.1 Å². The molecule has 1 aromatic carbocycles. The largest absolute Gasteiger partial charge is 0.0871 e. The highest BCUT2D eigenvalue weighted by atomic mass is 79.9. The third-order valence-corrected chi connectivity index (χ3v) is 2.51. The summed E-state index contributed by atoms with van der Waals surface area (Å²) in [4.78, 5) is 0. The minimum absolute atomic E-state index is 1.17. The predicted molar refractivity (Wildman–Crippen MR) is 53.6 cm³/mol. The van der Waals surface area contributed by atoms with Gasteiger partial charge in [-0.1, -0.05) is 40.2 Å². The van der Waals surface area contributed by atoms with E-state index >= 15 is 0 Å². The molecule has 0 nitrogen and oxygen atoms in total. The summed E-state index contributed by atoms with van der Waals surface area (Å²) in [5.74, 6) is 0. The average Bonchev–Trinajstić information content (AvgIpc) is 1.99. The predicted octanol–water partition coefficient (Wildman–Crippen LogP) is 3.79. The molecule has 0 unspecified atom stereocenters. The van der Waals surface area contributed by atoms with Gasteiger partial charge >= 0.3 is 0 Å². The number of hydrogen-bond donors (Lipinski definition) is 0. The van der Waals surface area contributed by atoms with Crippen molar-refractivity contribution in [3.63, 3.8) is 0 Å². The first-order chi connectivity index (χ1) is 5.25. The van der Waals surface area contributed by atoms with Crippen molar-refractivity contribution in [2.75, 3.05) is 0 Å². The Morgan fingerprint density at radius 1 is 1.36 bits per heavy atom. The summed E-state index contributed by atoms with van der Waals surface area (Å²) >= 11 is 3.48. The fraction of sp³-hybridized carbons (Fsp3) is 0.200. The second kappa shape index (κ2) is 3.72. The van der Waals surface area contributed by atoms with Gasteiger partial charge in [0.2, 0.25) is 0 Å². The van der Waals surface area contributed by atoms with Gasteiger partial charge in [-0.05, 0) is 31.0 Å². The van der Waals surface area contributed by atoms with Crippen molar-refractivity contribution >= 4 is 22.0 Å². The van der Waals surface area contributed by atoms with Crippen molar-refractivity contribution < 1.29 is 0 Å². The summed E-state index contributed by atoms with van der Waals surface area (Å²) < 4.78 is 1.17. The fourth-order valence-corrected chi connectivity index (χ4v) is 1.37. The molecule has 0 amide bonds. The molecule has 0 heterocycles. The van der Waals surface area contributed by atoms with E-state index in [0.717, 1.165) is 0 Å². The van der Waals surface area contributed by atoms with Crippen LogP contribution in [0.5, 0.6) is 0 Å². The lowest BCUT2D eigenvalue weighted by molar-refractivity contribution is 1.40. The maximum absolute atomic E-state index is 3.48. The van der Waals surface area contributed by atoms with E-state index in [1.807, 2.05) is 13.0 Å². The average molecular weight is 211 g/mol. The summed E-state index contributed by atoms with van der Waals surface area (Å²) in [5.41, 5.74) is 2.58. The summed E-state index contributed by atoms with van der Waals surface area (Å²) in [6, 6.07) is 6.22. The van der Waals surface area contributed by atoms with Crippen LogP contribution in [0.15, 0.2) is 28.7 Å². The van der Waals surface area contributed by atoms with Gasteiger partial charge in [-0.25, -0.2) is 0 Å². The Hall–Kier alpha value is -0.560. The van der Waals surface area contributed by atoms with Crippen LogP contribution in [0.25, 0.3) is 6.08 Å². The maximum atomic E-state index is 3.48. The highest BCUT2D eigenvalue weighted by Crippen LogP contribution is 2.20. The Balaban J connectivity index is 3.16. The van der Waals surface area contributed by atoms with Crippen LogP contribution in [0, 0.1) is 6.92 Å². The molecule has 0 aliphatic heterocycles. The molecule has 0 bridgehead atoms. The SMILES string of the molecule is CC=Cc1cccc(Br)c1C. The van der Waals surface area contributed by atoms with Crippen LogP contribution < -0.4 is 0 Å². The van der Waals surface area contributed by atoms with Crippen molar-refractivity contribution in [2.45, 2.75) is 13.8 Å². The van der Waals surface area contributed by atoms with E-state index in [9.17, 15) is 0 Å². The quantitative estimate of drug-likeness (QED) is 0.662. The zero-order valence-electron chi connectivity index (χ0n) is 6.76. The van der Waals surface area contributed by atoms with Crippen molar-refractivity contribution in [3.05, 3.63) is 39.9 Å². The van der Waals surface area contributed by atoms with Gasteiger partial charge in [-0.15, -0.1) is 0 Å². The van der Waals surface area contributed by atoms with Crippen LogP contribution in [0.3, 0.4) is 0 Å². The van der Waals surface area contributed by atoms with Crippen LogP contribution in [-0.4, -0.2) is 0 Å². The standard InChI is InChI=1S/C10H11Br/c1-3-5-9-6-4-7-10(11)8(9)2/h3-7H,1-2H3. The highest BCUT2D eigenvalue weighted by Gasteiger charge is 1.96. The molecule has 0 saturated heterocycles. The summed E-state index contributed by atoms with van der Waals surface area (Å²) in [6.45, 7) is 4.14. The van der Waals surface area contributed by atoms with E-state index in [0.29, 0.717) is 0 Å². The molecule has 0 radical (unpaired) electrons. The van der Waals surface area contributed by atoms with Gasteiger partial charge in [0.15, 0.2) is 0 Å². The molecule has 11 heavy (non-hydrogen) atoms. The second-order valence-corrected chi connectivity index (χ2v) is 3.31. The third-order valence-electron chi connectivity index (χ3n) is 1.66. The third kappa shape index (κ3) is 1.93. The molecule has 0 atom stereocenters. The summed E-state index contributed by atoms with van der Waals surface area (Å²) in [7, 11) is 0. The van der Waals surface area contributed by atoms with Crippen LogP contribution >= 0.6 is 15.9 Å². The van der Waals surface area contributed by atoms with Gasteiger partial charge in [0.05, 0.1) is 0 Å². The molecule has 58 valence electrons. The van der Waals surface area contributed by atoms with Crippen molar-refractivity contribution in [2.24, 2.45) is 0 Å². The smallest absolute Gasteiger partial charge is 0.0210 e. The molecule has 0 aliphatic carbocycles. The Labute approximate surface area is 76.1 Å². The number of allylic oxidation sites excluding steroid dienone is 1. The normalized spacial score (nSPS) is 10.8. The molecule has 0 saturated carbocycles. The van der Waals surface area contributed by atoms with Gasteiger partial charge in [-0.3, -0.25) is 0 Å². The number of benzene rings is 1. The number of hydrogen-bond acceptors (Lipinski definition) is 0. The molecule has 1 heteroatoms. The Morgan fingerprint density at radius 3 is 2.73 bits per heavy atom. The van der Waals surface area contributed by atoms with Gasteiger partial charge in [0.1, 0.15) is 0 Å². The van der Waals surface area contributed by atoms with Crippen LogP contribution in [0.2, 0.25) is 0 Å². The molecule has 1 rings (SSSR count). The van der Waals surface area contributed by atoms with Gasteiger partial charge in [-0.2, -0.15) is 0 Å². The molecule has 0 aliphatic rings. The topological polar surface area (TPSA) is 0 Å². The molecular weight excluding hydrogens is 200 g/mol. The van der Waals surface area contributed by atoms with Gasteiger partial charge < -0.3 is 0 Å². The lowest BCUT2D eigenvalue weighted by atomic mass is 10.1. The van der Waals surface area contributed by atoms with Crippen molar-refractivity contribution in [1.29, 1.82) is 0 Å². The molecular formula is C10H11Br. The number of rotatable bonds is 1. The van der Waals surface area contributed by atoms with Crippen LogP contribution in [-0.2, 0) is 0 Å². The number of halogens is 1. The molecule has 0 aromatic heterocycles. The first kappa shape index (κ1) is 8.54. The molecule has 0 spiro atoms. The minimum atomic E-state index is 1.17. The van der Waals surface area contributed by atoms with Crippen molar-refractivity contribution in [1.82, 2.24) is 0 Å². The first-order valence-corrected chi connectivity index (χ1v) is 4.43. The van der Waals surface area contributed by atoms with E-state index in [4.69, 9.17) is 0 Å². The Morgan fingerprint density at radius 2 is 2.09 bits per heavy atom. The Bertz CT molecular complexity index is 274. The fourth-order valence-electron chi connectivity index (χ4n) is 0.984. The molecule has 0 N–H and O–H groups in total. The van der Waals surface area contributed by atoms with Crippen molar-refractivity contribution in [3.8, 4) is 0 Å². The molecule has 1 aromatic rings.